The molecule has 0 nitrogen and oxygen atoms in total. The Morgan fingerprint density at radius 1 is 1.27 bits per heavy atom. The highest BCUT2D eigenvalue weighted by Gasteiger charge is 2.02. The summed E-state index contributed by atoms with van der Waals surface area (Å²) in [5.74, 6) is 0. The van der Waals surface area contributed by atoms with Crippen molar-refractivity contribution in [1.82, 2.24) is 0 Å². The predicted molar refractivity (Wildman–Crippen MR) is 68.8 cm³/mol. The van der Waals surface area contributed by atoms with Crippen LogP contribution in [-0.2, 0) is 0 Å². The Balaban J connectivity index is 3.35. The van der Waals surface area contributed by atoms with E-state index in [0.717, 1.165) is 0 Å². The van der Waals surface area contributed by atoms with Gasteiger partial charge in [-0.25, -0.2) is 0 Å². The van der Waals surface area contributed by atoms with Crippen molar-refractivity contribution in [3.8, 4) is 0 Å². The smallest absolute Gasteiger partial charge is 0.0152 e. The van der Waals surface area contributed by atoms with Crippen molar-refractivity contribution in [3.05, 3.63) is 65.8 Å². The molecule has 0 bridgehead atoms. The van der Waals surface area contributed by atoms with E-state index in [2.05, 4.69) is 56.8 Å². The van der Waals surface area contributed by atoms with Gasteiger partial charge in [-0.2, -0.15) is 0 Å². The average Bonchev–Trinajstić information content (AvgIpc) is 2.26. The van der Waals surface area contributed by atoms with Crippen LogP contribution >= 0.6 is 0 Å². The van der Waals surface area contributed by atoms with Crippen LogP contribution in [0.25, 0.3) is 5.57 Å². The van der Waals surface area contributed by atoms with Crippen molar-refractivity contribution >= 4 is 5.57 Å². The Morgan fingerprint density at radius 3 is 2.47 bits per heavy atom. The molecule has 0 aliphatic heterocycles. The maximum absolute atomic E-state index is 3.83. The molecule has 78 valence electrons. The van der Waals surface area contributed by atoms with E-state index < -0.39 is 0 Å². The molecule has 0 N–H and O–H groups in total. The lowest BCUT2D eigenvalue weighted by atomic mass is 9.96. The van der Waals surface area contributed by atoms with Crippen molar-refractivity contribution in [2.24, 2.45) is 0 Å². The van der Waals surface area contributed by atoms with Crippen LogP contribution in [0.2, 0.25) is 0 Å². The van der Waals surface area contributed by atoms with Gasteiger partial charge in [-0.05, 0) is 43.0 Å². The molecule has 0 amide bonds. The summed E-state index contributed by atoms with van der Waals surface area (Å²) in [7, 11) is 0. The third kappa shape index (κ3) is 2.69. The van der Waals surface area contributed by atoms with Crippen LogP contribution in [0.5, 0.6) is 0 Å². The Labute approximate surface area is 92.6 Å². The topological polar surface area (TPSA) is 0 Å². The molecule has 0 fully saturated rings. The summed E-state index contributed by atoms with van der Waals surface area (Å²) in [5, 5.41) is 0. The Bertz CT molecular complexity index is 406. The first kappa shape index (κ1) is 11.5. The van der Waals surface area contributed by atoms with Crippen LogP contribution in [0.3, 0.4) is 0 Å². The largest absolute Gasteiger partial charge is 0.0988 e. The molecule has 0 radical (unpaired) electrons. The zero-order chi connectivity index (χ0) is 11.3. The van der Waals surface area contributed by atoms with E-state index in [4.69, 9.17) is 0 Å². The lowest BCUT2D eigenvalue weighted by Crippen LogP contribution is -1.88. The normalized spacial score (nSPS) is 12.7. The summed E-state index contributed by atoms with van der Waals surface area (Å²) >= 11 is 0. The maximum Gasteiger partial charge on any atom is -0.0152 e. The molecule has 0 aliphatic carbocycles. The zero-order valence-corrected chi connectivity index (χ0v) is 9.75. The van der Waals surface area contributed by atoms with Gasteiger partial charge in [-0.15, -0.1) is 0 Å². The fourth-order valence-electron chi connectivity index (χ4n) is 1.59. The number of benzene rings is 1. The first-order valence-electron chi connectivity index (χ1n) is 5.22. The lowest BCUT2D eigenvalue weighted by Gasteiger charge is -2.09. The minimum absolute atomic E-state index is 1.21. The van der Waals surface area contributed by atoms with Crippen LogP contribution in [0, 0.1) is 6.92 Å². The molecule has 0 unspecified atom stereocenters. The Morgan fingerprint density at radius 2 is 1.93 bits per heavy atom. The Hall–Kier alpha value is -1.56. The number of allylic oxidation sites excluding steroid dienone is 5. The third-order valence-electron chi connectivity index (χ3n) is 2.50. The molecule has 0 atom stereocenters. The summed E-state index contributed by atoms with van der Waals surface area (Å²) in [5.41, 5.74) is 5.05. The van der Waals surface area contributed by atoms with E-state index in [1.54, 1.807) is 0 Å². The average molecular weight is 198 g/mol. The first-order valence-corrected chi connectivity index (χ1v) is 5.22. The van der Waals surface area contributed by atoms with Gasteiger partial charge in [0.25, 0.3) is 0 Å². The van der Waals surface area contributed by atoms with Crippen LogP contribution in [0.4, 0.5) is 0 Å². The lowest BCUT2D eigenvalue weighted by molar-refractivity contribution is 1.40. The van der Waals surface area contributed by atoms with Gasteiger partial charge >= 0.3 is 0 Å². The quantitative estimate of drug-likeness (QED) is 0.626. The fraction of sp³-hybridized carbons (Fsp3) is 0.200. The van der Waals surface area contributed by atoms with E-state index >= 15 is 0 Å². The highest BCUT2D eigenvalue weighted by atomic mass is 14.1. The minimum atomic E-state index is 1.21. The van der Waals surface area contributed by atoms with Crippen molar-refractivity contribution in [2.45, 2.75) is 20.8 Å². The number of aryl methyl sites for hydroxylation is 1. The van der Waals surface area contributed by atoms with Crippen LogP contribution in [-0.4, -0.2) is 0 Å². The van der Waals surface area contributed by atoms with Gasteiger partial charge in [0.15, 0.2) is 0 Å². The Kier molecular flexibility index (Phi) is 4.11. The third-order valence-corrected chi connectivity index (χ3v) is 2.50. The number of hydrogen-bond acceptors (Lipinski definition) is 0. The van der Waals surface area contributed by atoms with Gasteiger partial charge in [0.2, 0.25) is 0 Å². The van der Waals surface area contributed by atoms with Crippen molar-refractivity contribution in [3.63, 3.8) is 0 Å². The monoisotopic (exact) mass is 198 g/mol. The molecule has 15 heavy (non-hydrogen) atoms. The molecular formula is C15H18. The maximum atomic E-state index is 3.83. The SMILES string of the molecule is C=C/C(C)=C(\C=C/C)c1ccccc1C. The van der Waals surface area contributed by atoms with Crippen LogP contribution < -0.4 is 0 Å². The first-order chi connectivity index (χ1) is 7.20. The van der Waals surface area contributed by atoms with Gasteiger partial charge < -0.3 is 0 Å². The highest BCUT2D eigenvalue weighted by molar-refractivity contribution is 5.79. The molecule has 1 aromatic carbocycles. The molecule has 0 heteroatoms. The molecule has 0 aliphatic rings. The number of hydrogen-bond donors (Lipinski definition) is 0. The van der Waals surface area contributed by atoms with Gasteiger partial charge in [0.05, 0.1) is 0 Å². The molecule has 0 heterocycles. The van der Waals surface area contributed by atoms with E-state index in [-0.39, 0.29) is 0 Å². The second-order valence-corrected chi connectivity index (χ2v) is 3.62. The standard InChI is InChI=1S/C15H18/c1-5-9-14(12(3)6-2)15-11-8-7-10-13(15)4/h5-11H,2H2,1,3-4H3/b9-5-,14-12+. The number of rotatable bonds is 3. The molecule has 1 aromatic rings. The highest BCUT2D eigenvalue weighted by Crippen LogP contribution is 2.23. The van der Waals surface area contributed by atoms with Crippen molar-refractivity contribution < 1.29 is 0 Å². The van der Waals surface area contributed by atoms with Gasteiger partial charge in [0, 0.05) is 0 Å². The van der Waals surface area contributed by atoms with Gasteiger partial charge in [-0.3, -0.25) is 0 Å². The molecule has 0 saturated heterocycles. The van der Waals surface area contributed by atoms with E-state index in [0.29, 0.717) is 0 Å². The molecule has 0 saturated carbocycles. The second kappa shape index (κ2) is 5.35. The summed E-state index contributed by atoms with van der Waals surface area (Å²) in [6, 6.07) is 8.42. The molecule has 0 spiro atoms. The molecular weight excluding hydrogens is 180 g/mol. The summed E-state index contributed by atoms with van der Waals surface area (Å²) < 4.78 is 0. The van der Waals surface area contributed by atoms with Crippen molar-refractivity contribution in [2.75, 3.05) is 0 Å². The summed E-state index contributed by atoms with van der Waals surface area (Å²) in [6.45, 7) is 10.1. The van der Waals surface area contributed by atoms with Crippen LogP contribution in [0.15, 0.2) is 54.6 Å². The van der Waals surface area contributed by atoms with Gasteiger partial charge in [-0.1, -0.05) is 49.1 Å². The zero-order valence-electron chi connectivity index (χ0n) is 9.75. The van der Waals surface area contributed by atoms with E-state index in [9.17, 15) is 0 Å². The van der Waals surface area contributed by atoms with E-state index in [1.807, 2.05) is 13.0 Å². The van der Waals surface area contributed by atoms with Crippen LogP contribution in [0.1, 0.15) is 25.0 Å². The fourth-order valence-corrected chi connectivity index (χ4v) is 1.59. The van der Waals surface area contributed by atoms with Gasteiger partial charge in [0.1, 0.15) is 0 Å². The minimum Gasteiger partial charge on any atom is -0.0988 e. The summed E-state index contributed by atoms with van der Waals surface area (Å²) in [6.07, 6.45) is 6.11. The van der Waals surface area contributed by atoms with E-state index in [1.165, 1.54) is 22.3 Å². The summed E-state index contributed by atoms with van der Waals surface area (Å²) in [4.78, 5) is 0. The predicted octanol–water partition coefficient (Wildman–Crippen LogP) is 4.53. The molecule has 0 aromatic heterocycles. The second-order valence-electron chi connectivity index (χ2n) is 3.62. The van der Waals surface area contributed by atoms with Crippen molar-refractivity contribution in [1.29, 1.82) is 0 Å². The molecule has 1 rings (SSSR count).